The van der Waals surface area contributed by atoms with Gasteiger partial charge in [0.25, 0.3) is 0 Å². The molecule has 0 saturated carbocycles. The van der Waals surface area contributed by atoms with Crippen molar-refractivity contribution in [2.75, 3.05) is 13.6 Å². The Morgan fingerprint density at radius 1 is 1.47 bits per heavy atom. The smallest absolute Gasteiger partial charge is 0.0622 e. The van der Waals surface area contributed by atoms with E-state index in [1.54, 1.807) is 0 Å². The molecule has 1 atom stereocenters. The Morgan fingerprint density at radius 2 is 2.27 bits per heavy atom. The lowest BCUT2D eigenvalue weighted by molar-refractivity contribution is 0.221. The van der Waals surface area contributed by atoms with Gasteiger partial charge in [-0.1, -0.05) is 24.3 Å². The molecule has 0 amide bonds. The average molecular weight is 200 g/mol. The van der Waals surface area contributed by atoms with Crippen molar-refractivity contribution in [3.63, 3.8) is 0 Å². The molecular weight excluding hydrogens is 184 g/mol. The van der Waals surface area contributed by atoms with Crippen LogP contribution in [0.2, 0.25) is 0 Å². The lowest BCUT2D eigenvalue weighted by Crippen LogP contribution is -2.32. The van der Waals surface area contributed by atoms with Crippen LogP contribution in [0.25, 0.3) is 0 Å². The molecule has 2 nitrogen and oxygen atoms in total. The first kappa shape index (κ1) is 10.2. The zero-order chi connectivity index (χ0) is 10.7. The highest BCUT2D eigenvalue weighted by Crippen LogP contribution is 2.31. The zero-order valence-electron chi connectivity index (χ0n) is 9.11. The summed E-state index contributed by atoms with van der Waals surface area (Å²) in [6.07, 6.45) is 2.73. The number of likely N-dealkylation sites (N-methyl/N-ethyl adjacent to an activating group) is 1. The van der Waals surface area contributed by atoms with Crippen LogP contribution in [0.4, 0.5) is 0 Å². The molecule has 15 heavy (non-hydrogen) atoms. The predicted molar refractivity (Wildman–Crippen MR) is 60.4 cm³/mol. The Hall–Kier alpha value is -1.33. The summed E-state index contributed by atoms with van der Waals surface area (Å²) < 4.78 is 0. The normalized spacial score (nSPS) is 20.7. The topological polar surface area (TPSA) is 27.0 Å². The summed E-state index contributed by atoms with van der Waals surface area (Å²) in [5.41, 5.74) is 2.88. The van der Waals surface area contributed by atoms with Gasteiger partial charge >= 0.3 is 0 Å². The van der Waals surface area contributed by atoms with Crippen LogP contribution >= 0.6 is 0 Å². The minimum atomic E-state index is 0.439. The standard InChI is InChI=1S/C13H16N2/c1-15-10-8-11-5-2-3-6-12(11)13(15)7-4-9-14/h2-3,5-6,13H,4,7-8,10H2,1H3. The molecular formula is C13H16N2. The summed E-state index contributed by atoms with van der Waals surface area (Å²) >= 11 is 0. The van der Waals surface area contributed by atoms with Gasteiger partial charge in [0.2, 0.25) is 0 Å². The molecule has 1 heterocycles. The molecule has 0 spiro atoms. The highest BCUT2D eigenvalue weighted by Gasteiger charge is 2.23. The van der Waals surface area contributed by atoms with Gasteiger partial charge in [0, 0.05) is 19.0 Å². The van der Waals surface area contributed by atoms with E-state index >= 15 is 0 Å². The molecule has 0 radical (unpaired) electrons. The van der Waals surface area contributed by atoms with Gasteiger partial charge < -0.3 is 0 Å². The summed E-state index contributed by atoms with van der Waals surface area (Å²) in [6.45, 7) is 1.10. The highest BCUT2D eigenvalue weighted by molar-refractivity contribution is 5.32. The Morgan fingerprint density at radius 3 is 3.07 bits per heavy atom. The molecule has 0 bridgehead atoms. The quantitative estimate of drug-likeness (QED) is 0.733. The molecule has 2 rings (SSSR count). The van der Waals surface area contributed by atoms with E-state index in [1.807, 2.05) is 0 Å². The first-order valence-corrected chi connectivity index (χ1v) is 5.48. The monoisotopic (exact) mass is 200 g/mol. The van der Waals surface area contributed by atoms with Crippen molar-refractivity contribution in [2.24, 2.45) is 0 Å². The molecule has 2 heteroatoms. The lowest BCUT2D eigenvalue weighted by Gasteiger charge is -2.34. The predicted octanol–water partition coefficient (Wildman–Crippen LogP) is 2.52. The molecule has 1 unspecified atom stereocenters. The maximum atomic E-state index is 8.66. The molecule has 1 aromatic carbocycles. The number of fused-ring (bicyclic) bond motifs is 1. The molecule has 1 aliphatic heterocycles. The van der Waals surface area contributed by atoms with E-state index in [4.69, 9.17) is 5.26 Å². The van der Waals surface area contributed by atoms with Gasteiger partial charge in [0.05, 0.1) is 6.07 Å². The van der Waals surface area contributed by atoms with Crippen molar-refractivity contribution in [1.82, 2.24) is 4.90 Å². The summed E-state index contributed by atoms with van der Waals surface area (Å²) in [4.78, 5) is 2.36. The van der Waals surface area contributed by atoms with Gasteiger partial charge in [0.1, 0.15) is 0 Å². The van der Waals surface area contributed by atoms with Gasteiger partial charge in [-0.15, -0.1) is 0 Å². The first-order chi connectivity index (χ1) is 7.33. The number of nitrogens with zero attached hydrogens (tertiary/aromatic N) is 2. The molecule has 0 N–H and O–H groups in total. The molecule has 0 saturated heterocycles. The number of hydrogen-bond acceptors (Lipinski definition) is 2. The summed E-state index contributed by atoms with van der Waals surface area (Å²) in [7, 11) is 2.15. The Labute approximate surface area is 91.1 Å². The van der Waals surface area contributed by atoms with E-state index < -0.39 is 0 Å². The fourth-order valence-electron chi connectivity index (χ4n) is 2.35. The third-order valence-corrected chi connectivity index (χ3v) is 3.21. The van der Waals surface area contributed by atoms with Crippen LogP contribution in [0.3, 0.4) is 0 Å². The van der Waals surface area contributed by atoms with Crippen molar-refractivity contribution in [3.05, 3.63) is 35.4 Å². The number of rotatable bonds is 2. The number of hydrogen-bond donors (Lipinski definition) is 0. The fourth-order valence-corrected chi connectivity index (χ4v) is 2.35. The third kappa shape index (κ3) is 2.03. The molecule has 0 aromatic heterocycles. The van der Waals surface area contributed by atoms with E-state index in [9.17, 15) is 0 Å². The second kappa shape index (κ2) is 4.46. The van der Waals surface area contributed by atoms with E-state index in [0.717, 1.165) is 19.4 Å². The molecule has 0 fully saturated rings. The van der Waals surface area contributed by atoms with E-state index in [2.05, 4.69) is 42.3 Å². The van der Waals surface area contributed by atoms with Gasteiger partial charge in [-0.25, -0.2) is 0 Å². The minimum absolute atomic E-state index is 0.439. The molecule has 78 valence electrons. The molecule has 1 aromatic rings. The van der Waals surface area contributed by atoms with Crippen molar-refractivity contribution >= 4 is 0 Å². The lowest BCUT2D eigenvalue weighted by atomic mass is 9.90. The zero-order valence-corrected chi connectivity index (χ0v) is 9.11. The third-order valence-electron chi connectivity index (χ3n) is 3.21. The van der Waals surface area contributed by atoms with Gasteiger partial charge in [-0.05, 0) is 31.0 Å². The Balaban J connectivity index is 2.25. The minimum Gasteiger partial charge on any atom is -0.299 e. The molecule has 1 aliphatic rings. The number of nitriles is 1. The van der Waals surface area contributed by atoms with Gasteiger partial charge in [-0.3, -0.25) is 4.90 Å². The van der Waals surface area contributed by atoms with Crippen LogP contribution in [-0.4, -0.2) is 18.5 Å². The fraction of sp³-hybridized carbons (Fsp3) is 0.462. The summed E-state index contributed by atoms with van der Waals surface area (Å²) in [5, 5.41) is 8.66. The Kier molecular flexibility index (Phi) is 3.03. The van der Waals surface area contributed by atoms with Crippen LogP contribution in [0, 0.1) is 11.3 Å². The average Bonchev–Trinajstić information content (AvgIpc) is 2.28. The van der Waals surface area contributed by atoms with Crippen molar-refractivity contribution in [2.45, 2.75) is 25.3 Å². The second-order valence-electron chi connectivity index (χ2n) is 4.14. The highest BCUT2D eigenvalue weighted by atomic mass is 15.1. The first-order valence-electron chi connectivity index (χ1n) is 5.48. The largest absolute Gasteiger partial charge is 0.299 e. The second-order valence-corrected chi connectivity index (χ2v) is 4.14. The molecule has 0 aliphatic carbocycles. The van der Waals surface area contributed by atoms with Gasteiger partial charge in [0.15, 0.2) is 0 Å². The van der Waals surface area contributed by atoms with E-state index in [-0.39, 0.29) is 0 Å². The van der Waals surface area contributed by atoms with E-state index in [0.29, 0.717) is 12.5 Å². The van der Waals surface area contributed by atoms with Crippen LogP contribution in [0.1, 0.15) is 30.0 Å². The summed E-state index contributed by atoms with van der Waals surface area (Å²) in [5.74, 6) is 0. The van der Waals surface area contributed by atoms with Crippen molar-refractivity contribution in [1.29, 1.82) is 5.26 Å². The number of benzene rings is 1. The Bertz CT molecular complexity index is 378. The van der Waals surface area contributed by atoms with Crippen LogP contribution in [0.5, 0.6) is 0 Å². The van der Waals surface area contributed by atoms with Crippen LogP contribution in [0.15, 0.2) is 24.3 Å². The summed E-state index contributed by atoms with van der Waals surface area (Å²) in [6, 6.07) is 11.3. The maximum absolute atomic E-state index is 8.66. The van der Waals surface area contributed by atoms with Gasteiger partial charge in [-0.2, -0.15) is 5.26 Å². The van der Waals surface area contributed by atoms with Crippen LogP contribution < -0.4 is 0 Å². The maximum Gasteiger partial charge on any atom is 0.0622 e. The SMILES string of the molecule is CN1CCc2ccccc2C1CCC#N. The van der Waals surface area contributed by atoms with Crippen molar-refractivity contribution < 1.29 is 0 Å². The van der Waals surface area contributed by atoms with Crippen molar-refractivity contribution in [3.8, 4) is 6.07 Å². The van der Waals surface area contributed by atoms with Crippen LogP contribution in [-0.2, 0) is 6.42 Å². The van der Waals surface area contributed by atoms with E-state index in [1.165, 1.54) is 11.1 Å².